The molecule has 2 N–H and O–H groups in total. The maximum atomic E-state index is 11.9. The fraction of sp³-hybridized carbons (Fsp3) is 0.250. The van der Waals surface area contributed by atoms with Crippen molar-refractivity contribution in [2.24, 2.45) is 0 Å². The van der Waals surface area contributed by atoms with Gasteiger partial charge in [0.25, 0.3) is 0 Å². The Hall–Kier alpha value is -3.14. The number of rotatable bonds is 11. The molecule has 2 amide bonds. The molecule has 0 saturated carbocycles. The van der Waals surface area contributed by atoms with Gasteiger partial charge in [-0.2, -0.15) is 0 Å². The van der Waals surface area contributed by atoms with Crippen molar-refractivity contribution in [3.05, 3.63) is 73.8 Å². The molecule has 0 bridgehead atoms. The minimum absolute atomic E-state index is 0.0165. The molecule has 0 aliphatic heterocycles. The summed E-state index contributed by atoms with van der Waals surface area (Å²) in [5.74, 6) is 0.0329. The van der Waals surface area contributed by atoms with Crippen molar-refractivity contribution in [1.82, 2.24) is 0 Å². The summed E-state index contributed by atoms with van der Waals surface area (Å²) in [6.45, 7) is 7.32. The summed E-state index contributed by atoms with van der Waals surface area (Å²) in [6.07, 6.45) is 7.94. The van der Waals surface area contributed by atoms with Crippen molar-refractivity contribution in [2.75, 3.05) is 10.6 Å². The van der Waals surface area contributed by atoms with E-state index in [1.54, 1.807) is 0 Å². The first kappa shape index (κ1) is 21.2. The van der Waals surface area contributed by atoms with Gasteiger partial charge in [0, 0.05) is 24.2 Å². The first-order valence-corrected chi connectivity index (χ1v) is 9.64. The van der Waals surface area contributed by atoms with Gasteiger partial charge in [-0.05, 0) is 61.1 Å². The highest BCUT2D eigenvalue weighted by Gasteiger charge is 2.04. The number of nitrogens with one attached hydrogen (secondary N) is 2. The highest BCUT2D eigenvalue weighted by atomic mass is 16.2. The van der Waals surface area contributed by atoms with Crippen molar-refractivity contribution < 1.29 is 9.59 Å². The molecule has 2 rings (SSSR count). The molecule has 146 valence electrons. The van der Waals surface area contributed by atoms with Crippen molar-refractivity contribution in [1.29, 1.82) is 0 Å². The summed E-state index contributed by atoms with van der Waals surface area (Å²) < 4.78 is 0. The number of amides is 2. The van der Waals surface area contributed by atoms with E-state index in [4.69, 9.17) is 0 Å². The molecular formula is C24H28N2O2. The average Bonchev–Trinajstić information content (AvgIpc) is 2.70. The third-order valence-electron chi connectivity index (χ3n) is 4.29. The van der Waals surface area contributed by atoms with Gasteiger partial charge < -0.3 is 10.6 Å². The normalized spacial score (nSPS) is 10.1. The first-order chi connectivity index (χ1) is 13.6. The number of benzene rings is 2. The van der Waals surface area contributed by atoms with E-state index in [0.29, 0.717) is 12.8 Å². The summed E-state index contributed by atoms with van der Waals surface area (Å²) in [5.41, 5.74) is 3.67. The molecule has 0 radical (unpaired) electrons. The monoisotopic (exact) mass is 376 g/mol. The molecule has 4 nitrogen and oxygen atoms in total. The maximum Gasteiger partial charge on any atom is 0.224 e. The molecule has 0 aliphatic rings. The van der Waals surface area contributed by atoms with E-state index in [0.717, 1.165) is 48.2 Å². The lowest BCUT2D eigenvalue weighted by molar-refractivity contribution is -0.117. The maximum absolute atomic E-state index is 11.9. The smallest absolute Gasteiger partial charge is 0.224 e. The molecule has 0 spiro atoms. The van der Waals surface area contributed by atoms with Gasteiger partial charge in [0.05, 0.1) is 0 Å². The molecule has 4 heteroatoms. The van der Waals surface area contributed by atoms with Gasteiger partial charge in [-0.15, -0.1) is 13.2 Å². The minimum atomic E-state index is 0.0165. The van der Waals surface area contributed by atoms with Crippen LogP contribution in [0.15, 0.2) is 73.8 Å². The van der Waals surface area contributed by atoms with Gasteiger partial charge in [-0.1, -0.05) is 36.4 Å². The van der Waals surface area contributed by atoms with Gasteiger partial charge in [-0.25, -0.2) is 0 Å². The van der Waals surface area contributed by atoms with Crippen LogP contribution in [0.5, 0.6) is 0 Å². The number of hydrogen-bond acceptors (Lipinski definition) is 2. The van der Waals surface area contributed by atoms with E-state index in [-0.39, 0.29) is 11.8 Å². The molecular weight excluding hydrogens is 348 g/mol. The van der Waals surface area contributed by atoms with Crippen molar-refractivity contribution in [3.8, 4) is 11.1 Å². The Kier molecular flexibility index (Phi) is 8.73. The third kappa shape index (κ3) is 7.23. The molecule has 0 unspecified atom stereocenters. The van der Waals surface area contributed by atoms with Crippen LogP contribution in [0.25, 0.3) is 11.1 Å². The van der Waals surface area contributed by atoms with E-state index in [1.807, 2.05) is 60.7 Å². The molecule has 0 saturated heterocycles. The zero-order valence-corrected chi connectivity index (χ0v) is 16.2. The first-order valence-electron chi connectivity index (χ1n) is 9.64. The van der Waals surface area contributed by atoms with Crippen LogP contribution in [-0.4, -0.2) is 11.8 Å². The molecule has 2 aromatic rings. The van der Waals surface area contributed by atoms with E-state index in [2.05, 4.69) is 23.8 Å². The number of carbonyl (C=O) groups is 2. The quantitative estimate of drug-likeness (QED) is 0.376. The average molecular weight is 377 g/mol. The van der Waals surface area contributed by atoms with Crippen LogP contribution in [0.2, 0.25) is 0 Å². The zero-order valence-electron chi connectivity index (χ0n) is 16.2. The molecule has 0 atom stereocenters. The topological polar surface area (TPSA) is 58.2 Å². The van der Waals surface area contributed by atoms with Gasteiger partial charge in [-0.3, -0.25) is 9.59 Å². The van der Waals surface area contributed by atoms with Gasteiger partial charge in [0.1, 0.15) is 0 Å². The van der Waals surface area contributed by atoms with E-state index in [9.17, 15) is 9.59 Å². The predicted molar refractivity (Wildman–Crippen MR) is 117 cm³/mol. The summed E-state index contributed by atoms with van der Waals surface area (Å²) in [6, 6.07) is 15.5. The van der Waals surface area contributed by atoms with E-state index in [1.165, 1.54) is 0 Å². The Morgan fingerprint density at radius 1 is 0.679 bits per heavy atom. The summed E-state index contributed by atoms with van der Waals surface area (Å²) in [5, 5.41) is 5.81. The van der Waals surface area contributed by atoms with Crippen LogP contribution in [0.1, 0.15) is 38.5 Å². The van der Waals surface area contributed by atoms with Gasteiger partial charge >= 0.3 is 0 Å². The second kappa shape index (κ2) is 11.5. The Morgan fingerprint density at radius 2 is 1.04 bits per heavy atom. The number of allylic oxidation sites excluding steroid dienone is 2. The number of hydrogen-bond donors (Lipinski definition) is 2. The molecule has 0 heterocycles. The fourth-order valence-corrected chi connectivity index (χ4v) is 2.75. The Morgan fingerprint density at radius 3 is 1.36 bits per heavy atom. The molecule has 0 aliphatic carbocycles. The largest absolute Gasteiger partial charge is 0.326 e. The predicted octanol–water partition coefficient (Wildman–Crippen LogP) is 5.94. The second-order valence-corrected chi connectivity index (χ2v) is 6.61. The molecule has 2 aromatic carbocycles. The third-order valence-corrected chi connectivity index (χ3v) is 4.29. The van der Waals surface area contributed by atoms with Crippen LogP contribution in [0, 0.1) is 0 Å². The Balaban J connectivity index is 1.89. The zero-order chi connectivity index (χ0) is 20.2. The number of anilines is 2. The van der Waals surface area contributed by atoms with Crippen LogP contribution in [0.4, 0.5) is 11.4 Å². The van der Waals surface area contributed by atoms with E-state index >= 15 is 0 Å². The van der Waals surface area contributed by atoms with Gasteiger partial charge in [0.15, 0.2) is 0 Å². The van der Waals surface area contributed by atoms with Crippen molar-refractivity contribution in [2.45, 2.75) is 38.5 Å². The van der Waals surface area contributed by atoms with Crippen LogP contribution < -0.4 is 10.6 Å². The summed E-state index contributed by atoms with van der Waals surface area (Å²) in [4.78, 5) is 23.7. The van der Waals surface area contributed by atoms with Crippen molar-refractivity contribution in [3.63, 3.8) is 0 Å². The summed E-state index contributed by atoms with van der Waals surface area (Å²) >= 11 is 0. The Labute approximate surface area is 167 Å². The van der Waals surface area contributed by atoms with Crippen molar-refractivity contribution >= 4 is 23.2 Å². The number of carbonyl (C=O) groups excluding carboxylic acids is 2. The lowest BCUT2D eigenvalue weighted by Gasteiger charge is -2.08. The molecule has 0 aromatic heterocycles. The highest BCUT2D eigenvalue weighted by molar-refractivity contribution is 5.91. The SMILES string of the molecule is C=CCCCC(=O)Nc1ccc(-c2ccc(NC(=O)CCCC=C)cc2)cc1. The Bertz CT molecular complexity index is 723. The fourth-order valence-electron chi connectivity index (χ4n) is 2.75. The lowest BCUT2D eigenvalue weighted by atomic mass is 10.0. The van der Waals surface area contributed by atoms with Crippen LogP contribution >= 0.6 is 0 Å². The molecule has 0 fully saturated rings. The lowest BCUT2D eigenvalue weighted by Crippen LogP contribution is -2.10. The highest BCUT2D eigenvalue weighted by Crippen LogP contribution is 2.23. The molecule has 28 heavy (non-hydrogen) atoms. The standard InChI is InChI=1S/C24H28N2O2/c1-3-5-7-9-23(27)25-21-15-11-19(12-16-21)20-13-17-22(18-14-20)26-24(28)10-8-6-4-2/h3-4,11-18H,1-2,5-10H2,(H,25,27)(H,26,28). The minimum Gasteiger partial charge on any atom is -0.326 e. The van der Waals surface area contributed by atoms with Gasteiger partial charge in [0.2, 0.25) is 11.8 Å². The summed E-state index contributed by atoms with van der Waals surface area (Å²) in [7, 11) is 0. The van der Waals surface area contributed by atoms with E-state index < -0.39 is 0 Å². The van der Waals surface area contributed by atoms with Crippen LogP contribution in [-0.2, 0) is 9.59 Å². The number of unbranched alkanes of at least 4 members (excludes halogenated alkanes) is 2. The van der Waals surface area contributed by atoms with Crippen LogP contribution in [0.3, 0.4) is 0 Å². The second-order valence-electron chi connectivity index (χ2n) is 6.61.